The second kappa shape index (κ2) is 10.4. The Labute approximate surface area is 201 Å². The zero-order valence-corrected chi connectivity index (χ0v) is 20.0. The summed E-state index contributed by atoms with van der Waals surface area (Å²) in [4.78, 5) is 12.1. The average molecular weight is 514 g/mol. The van der Waals surface area contributed by atoms with Crippen molar-refractivity contribution in [3.63, 3.8) is 0 Å². The van der Waals surface area contributed by atoms with E-state index in [0.717, 1.165) is 11.8 Å². The number of benzene rings is 3. The minimum atomic E-state index is -3.53. The van der Waals surface area contributed by atoms with Crippen LogP contribution in [0.25, 0.3) is 0 Å². The Kier molecular flexibility index (Phi) is 7.90. The number of carbonyl (C=O) groups excluding carboxylic acids is 1. The quantitative estimate of drug-likeness (QED) is 0.423. The van der Waals surface area contributed by atoms with E-state index in [1.807, 2.05) is 0 Å². The fourth-order valence-electron chi connectivity index (χ4n) is 2.78. The van der Waals surface area contributed by atoms with Crippen LogP contribution in [0.2, 0.25) is 15.1 Å². The highest BCUT2D eigenvalue weighted by Gasteiger charge is 2.18. The number of nitrogens with zero attached hydrogens (tertiary/aromatic N) is 1. The lowest BCUT2D eigenvalue weighted by Crippen LogP contribution is -2.29. The van der Waals surface area contributed by atoms with Gasteiger partial charge in [-0.15, -0.1) is 0 Å². The molecule has 3 aromatic carbocycles. The van der Waals surface area contributed by atoms with Crippen LogP contribution in [0.15, 0.2) is 66.7 Å². The molecule has 0 aliphatic rings. The molecular weight excluding hydrogens is 495 g/mol. The lowest BCUT2D eigenvalue weighted by Gasteiger charge is -2.23. The molecule has 0 aliphatic carbocycles. The summed E-state index contributed by atoms with van der Waals surface area (Å²) in [5.74, 6) is 0.0333. The second-order valence-electron chi connectivity index (χ2n) is 6.86. The van der Waals surface area contributed by atoms with Crippen molar-refractivity contribution in [1.82, 2.24) is 0 Å². The number of rotatable bonds is 8. The molecule has 6 nitrogen and oxygen atoms in total. The van der Waals surface area contributed by atoms with Crippen LogP contribution >= 0.6 is 34.8 Å². The smallest absolute Gasteiger partial charge is 0.262 e. The fourth-order valence-corrected chi connectivity index (χ4v) is 4.10. The van der Waals surface area contributed by atoms with Gasteiger partial charge in [-0.1, -0.05) is 46.9 Å². The molecule has 0 fully saturated rings. The van der Waals surface area contributed by atoms with Crippen LogP contribution < -0.4 is 14.4 Å². The van der Waals surface area contributed by atoms with Crippen LogP contribution in [0, 0.1) is 0 Å². The summed E-state index contributed by atoms with van der Waals surface area (Å²) in [6.07, 6.45) is 1.14. The Hall–Kier alpha value is -2.45. The molecule has 0 radical (unpaired) electrons. The summed E-state index contributed by atoms with van der Waals surface area (Å²) < 4.78 is 31.4. The Morgan fingerprint density at radius 3 is 2.19 bits per heavy atom. The number of hydrogen-bond donors (Lipinski definition) is 1. The molecule has 0 spiro atoms. The average Bonchev–Trinajstić information content (AvgIpc) is 2.74. The second-order valence-corrected chi connectivity index (χ2v) is 10.0. The fraction of sp³-hybridized carbons (Fsp3) is 0.136. The van der Waals surface area contributed by atoms with E-state index in [-0.39, 0.29) is 19.1 Å². The SMILES string of the molecule is CS(=O)(=O)N(Cc1ccc(Cl)cc1)c1ccc(OCC(=O)Nc2ccc(Cl)c(Cl)c2)cc1. The predicted octanol–water partition coefficient (Wildman–Crippen LogP) is 5.63. The van der Waals surface area contributed by atoms with Gasteiger partial charge in [-0.25, -0.2) is 8.42 Å². The van der Waals surface area contributed by atoms with E-state index in [2.05, 4.69) is 5.32 Å². The van der Waals surface area contributed by atoms with E-state index in [4.69, 9.17) is 39.5 Å². The van der Waals surface area contributed by atoms with Crippen LogP contribution in [0.4, 0.5) is 11.4 Å². The summed E-state index contributed by atoms with van der Waals surface area (Å²) in [5.41, 5.74) is 1.75. The molecule has 3 rings (SSSR count). The van der Waals surface area contributed by atoms with Gasteiger partial charge in [0.05, 0.1) is 28.5 Å². The third kappa shape index (κ3) is 6.77. The van der Waals surface area contributed by atoms with Crippen molar-refractivity contribution in [3.05, 3.63) is 87.4 Å². The first-order valence-corrected chi connectivity index (χ1v) is 12.3. The third-order valence-corrected chi connectivity index (χ3v) is 6.47. The van der Waals surface area contributed by atoms with E-state index in [9.17, 15) is 13.2 Å². The molecule has 0 bridgehead atoms. The van der Waals surface area contributed by atoms with Crippen molar-refractivity contribution >= 4 is 62.1 Å². The summed E-state index contributed by atoms with van der Waals surface area (Å²) in [6, 6.07) is 18.1. The number of nitrogens with one attached hydrogen (secondary N) is 1. The van der Waals surface area contributed by atoms with Gasteiger partial charge in [0.2, 0.25) is 10.0 Å². The van der Waals surface area contributed by atoms with Gasteiger partial charge in [-0.05, 0) is 60.2 Å². The van der Waals surface area contributed by atoms with Crippen LogP contribution in [-0.4, -0.2) is 27.2 Å². The highest BCUT2D eigenvalue weighted by atomic mass is 35.5. The highest BCUT2D eigenvalue weighted by Crippen LogP contribution is 2.26. The molecule has 168 valence electrons. The number of hydrogen-bond acceptors (Lipinski definition) is 4. The van der Waals surface area contributed by atoms with Crippen molar-refractivity contribution in [1.29, 1.82) is 0 Å². The summed E-state index contributed by atoms with van der Waals surface area (Å²) >= 11 is 17.7. The van der Waals surface area contributed by atoms with E-state index in [0.29, 0.717) is 32.2 Å². The van der Waals surface area contributed by atoms with Gasteiger partial charge in [0, 0.05) is 10.7 Å². The molecule has 32 heavy (non-hydrogen) atoms. The molecule has 0 aliphatic heterocycles. The van der Waals surface area contributed by atoms with Crippen LogP contribution in [0.3, 0.4) is 0 Å². The molecule has 0 atom stereocenters. The largest absolute Gasteiger partial charge is 0.484 e. The van der Waals surface area contributed by atoms with Gasteiger partial charge in [0.1, 0.15) is 5.75 Å². The minimum Gasteiger partial charge on any atom is -0.484 e. The lowest BCUT2D eigenvalue weighted by atomic mass is 10.2. The van der Waals surface area contributed by atoms with Crippen molar-refractivity contribution in [2.24, 2.45) is 0 Å². The maximum absolute atomic E-state index is 12.3. The molecule has 1 N–H and O–H groups in total. The topological polar surface area (TPSA) is 75.7 Å². The van der Waals surface area contributed by atoms with Gasteiger partial charge < -0.3 is 10.1 Å². The normalized spacial score (nSPS) is 11.1. The van der Waals surface area contributed by atoms with Crippen LogP contribution in [0.1, 0.15) is 5.56 Å². The maximum atomic E-state index is 12.3. The summed E-state index contributed by atoms with van der Waals surface area (Å²) in [6.45, 7) is -0.0809. The number of amides is 1. The highest BCUT2D eigenvalue weighted by molar-refractivity contribution is 7.92. The van der Waals surface area contributed by atoms with Gasteiger partial charge in [0.25, 0.3) is 5.91 Å². The molecule has 0 unspecified atom stereocenters. The molecule has 0 aromatic heterocycles. The lowest BCUT2D eigenvalue weighted by molar-refractivity contribution is -0.118. The Morgan fingerprint density at radius 1 is 0.938 bits per heavy atom. The molecular formula is C22H19Cl3N2O4S. The van der Waals surface area contributed by atoms with Gasteiger partial charge >= 0.3 is 0 Å². The van der Waals surface area contributed by atoms with Crippen molar-refractivity contribution in [2.45, 2.75) is 6.54 Å². The zero-order valence-electron chi connectivity index (χ0n) is 16.9. The number of halogens is 3. The molecule has 3 aromatic rings. The standard InChI is InChI=1S/C22H19Cl3N2O4S/c1-32(29,30)27(13-15-2-4-16(23)5-3-15)18-7-9-19(10-8-18)31-14-22(28)26-17-6-11-20(24)21(25)12-17/h2-12H,13-14H2,1H3,(H,26,28). The Balaban J connectivity index is 1.63. The van der Waals surface area contributed by atoms with Crippen LogP contribution in [-0.2, 0) is 21.4 Å². The monoisotopic (exact) mass is 512 g/mol. The minimum absolute atomic E-state index is 0.155. The molecule has 0 heterocycles. The van der Waals surface area contributed by atoms with Gasteiger partial charge in [0.15, 0.2) is 6.61 Å². The first kappa shape index (κ1) is 24.2. The van der Waals surface area contributed by atoms with Crippen molar-refractivity contribution in [3.8, 4) is 5.75 Å². The zero-order chi connectivity index (χ0) is 23.3. The van der Waals surface area contributed by atoms with Crippen molar-refractivity contribution < 1.29 is 17.9 Å². The number of sulfonamides is 1. The van der Waals surface area contributed by atoms with Crippen molar-refractivity contribution in [2.75, 3.05) is 22.5 Å². The first-order chi connectivity index (χ1) is 15.1. The van der Waals surface area contributed by atoms with Gasteiger partial charge in [-0.3, -0.25) is 9.10 Å². The summed E-state index contributed by atoms with van der Waals surface area (Å²) in [5, 5.41) is 3.95. The van der Waals surface area contributed by atoms with E-state index < -0.39 is 10.0 Å². The van der Waals surface area contributed by atoms with E-state index in [1.165, 1.54) is 10.4 Å². The van der Waals surface area contributed by atoms with Crippen LogP contribution in [0.5, 0.6) is 5.75 Å². The Bertz CT molecular complexity index is 1200. The first-order valence-electron chi connectivity index (χ1n) is 9.32. The number of carbonyl (C=O) groups is 1. The molecule has 0 saturated heterocycles. The Morgan fingerprint density at radius 2 is 1.59 bits per heavy atom. The molecule has 10 heteroatoms. The molecule has 0 saturated carbocycles. The summed E-state index contributed by atoms with van der Waals surface area (Å²) in [7, 11) is -3.53. The maximum Gasteiger partial charge on any atom is 0.262 e. The molecule has 1 amide bonds. The number of ether oxygens (including phenoxy) is 1. The van der Waals surface area contributed by atoms with E-state index >= 15 is 0 Å². The van der Waals surface area contributed by atoms with E-state index in [1.54, 1.807) is 60.7 Å². The van der Waals surface area contributed by atoms with Gasteiger partial charge in [-0.2, -0.15) is 0 Å². The predicted molar refractivity (Wildman–Crippen MR) is 130 cm³/mol. The number of anilines is 2. The third-order valence-electron chi connectivity index (χ3n) is 4.34.